The van der Waals surface area contributed by atoms with Gasteiger partial charge in [0.05, 0.1) is 10.9 Å². The SMILES string of the molecule is CC(C)(C)Oc1cccc(-c2nc3ccccc3c(=O)[nH]2)c1. The number of H-pyrrole nitrogens is 1. The summed E-state index contributed by atoms with van der Waals surface area (Å²) in [6.07, 6.45) is 0. The van der Waals surface area contributed by atoms with E-state index in [4.69, 9.17) is 4.74 Å². The number of aromatic nitrogens is 2. The highest BCUT2D eigenvalue weighted by Crippen LogP contribution is 2.24. The average Bonchev–Trinajstić information content (AvgIpc) is 2.46. The normalized spacial score (nSPS) is 11.6. The first kappa shape index (κ1) is 14.3. The Balaban J connectivity index is 2.08. The van der Waals surface area contributed by atoms with Crippen molar-refractivity contribution in [2.75, 3.05) is 0 Å². The van der Waals surface area contributed by atoms with Crippen molar-refractivity contribution in [1.29, 1.82) is 0 Å². The van der Waals surface area contributed by atoms with Crippen LogP contribution in [0, 0.1) is 0 Å². The maximum absolute atomic E-state index is 12.2. The number of rotatable bonds is 2. The Morgan fingerprint density at radius 3 is 2.59 bits per heavy atom. The maximum atomic E-state index is 12.2. The minimum absolute atomic E-state index is 0.136. The average molecular weight is 294 g/mol. The Labute approximate surface area is 128 Å². The van der Waals surface area contributed by atoms with Crippen molar-refractivity contribution < 1.29 is 4.74 Å². The van der Waals surface area contributed by atoms with Crippen molar-refractivity contribution >= 4 is 10.9 Å². The van der Waals surface area contributed by atoms with Crippen molar-refractivity contribution in [2.24, 2.45) is 0 Å². The predicted molar refractivity (Wildman–Crippen MR) is 88.2 cm³/mol. The van der Waals surface area contributed by atoms with Gasteiger partial charge in [-0.2, -0.15) is 0 Å². The van der Waals surface area contributed by atoms with E-state index in [0.717, 1.165) is 11.3 Å². The second-order valence-electron chi connectivity index (χ2n) is 6.17. The maximum Gasteiger partial charge on any atom is 0.259 e. The molecule has 4 heteroatoms. The number of para-hydroxylation sites is 1. The lowest BCUT2D eigenvalue weighted by Gasteiger charge is -2.21. The third kappa shape index (κ3) is 3.01. The van der Waals surface area contributed by atoms with Crippen molar-refractivity contribution in [3.63, 3.8) is 0 Å². The molecule has 0 radical (unpaired) electrons. The van der Waals surface area contributed by atoms with E-state index in [1.54, 1.807) is 6.07 Å². The fraction of sp³-hybridized carbons (Fsp3) is 0.222. The summed E-state index contributed by atoms with van der Waals surface area (Å²) in [4.78, 5) is 19.5. The molecule has 1 aromatic heterocycles. The molecule has 0 aliphatic heterocycles. The standard InChI is InChI=1S/C18H18N2O2/c1-18(2,3)22-13-8-6-7-12(11-13)16-19-15-10-5-4-9-14(15)17(21)20-16/h4-11H,1-3H3,(H,19,20,21). The minimum atomic E-state index is -0.275. The smallest absolute Gasteiger partial charge is 0.259 e. The van der Waals surface area contributed by atoms with Gasteiger partial charge in [0.2, 0.25) is 0 Å². The number of ether oxygens (including phenoxy) is 1. The number of fused-ring (bicyclic) bond motifs is 1. The Morgan fingerprint density at radius 1 is 1.05 bits per heavy atom. The molecule has 0 unspecified atom stereocenters. The highest BCUT2D eigenvalue weighted by molar-refractivity contribution is 5.79. The monoisotopic (exact) mass is 294 g/mol. The van der Waals surface area contributed by atoms with Gasteiger partial charge < -0.3 is 9.72 Å². The number of hydrogen-bond donors (Lipinski definition) is 1. The molecule has 22 heavy (non-hydrogen) atoms. The summed E-state index contributed by atoms with van der Waals surface area (Å²) in [6.45, 7) is 5.99. The summed E-state index contributed by atoms with van der Waals surface area (Å²) in [7, 11) is 0. The summed E-state index contributed by atoms with van der Waals surface area (Å²) in [5.74, 6) is 1.30. The van der Waals surface area contributed by atoms with Crippen LogP contribution in [0.3, 0.4) is 0 Å². The summed E-state index contributed by atoms with van der Waals surface area (Å²) < 4.78 is 5.86. The molecule has 0 bridgehead atoms. The lowest BCUT2D eigenvalue weighted by Crippen LogP contribution is -2.22. The quantitative estimate of drug-likeness (QED) is 0.782. The van der Waals surface area contributed by atoms with Crippen LogP contribution in [0.2, 0.25) is 0 Å². The fourth-order valence-corrected chi connectivity index (χ4v) is 2.28. The molecule has 0 atom stereocenters. The predicted octanol–water partition coefficient (Wildman–Crippen LogP) is 3.77. The van der Waals surface area contributed by atoms with Gasteiger partial charge >= 0.3 is 0 Å². The molecule has 0 saturated carbocycles. The van der Waals surface area contributed by atoms with Gasteiger partial charge in [-0.25, -0.2) is 4.98 Å². The summed E-state index contributed by atoms with van der Waals surface area (Å²) in [5.41, 5.74) is 1.10. The zero-order valence-electron chi connectivity index (χ0n) is 12.9. The highest BCUT2D eigenvalue weighted by Gasteiger charge is 2.13. The lowest BCUT2D eigenvalue weighted by molar-refractivity contribution is 0.131. The number of nitrogens with zero attached hydrogens (tertiary/aromatic N) is 1. The van der Waals surface area contributed by atoms with Crippen molar-refractivity contribution in [2.45, 2.75) is 26.4 Å². The third-order valence-corrected chi connectivity index (χ3v) is 3.14. The highest BCUT2D eigenvalue weighted by atomic mass is 16.5. The molecular formula is C18H18N2O2. The number of hydrogen-bond acceptors (Lipinski definition) is 3. The van der Waals surface area contributed by atoms with Crippen LogP contribution in [0.15, 0.2) is 53.3 Å². The van der Waals surface area contributed by atoms with Crippen LogP contribution < -0.4 is 10.3 Å². The van der Waals surface area contributed by atoms with Crippen LogP contribution in [0.1, 0.15) is 20.8 Å². The van der Waals surface area contributed by atoms with Crippen LogP contribution in [0.5, 0.6) is 5.75 Å². The van der Waals surface area contributed by atoms with E-state index in [9.17, 15) is 4.79 Å². The largest absolute Gasteiger partial charge is 0.488 e. The Bertz CT molecular complexity index is 876. The number of aromatic amines is 1. The van der Waals surface area contributed by atoms with E-state index >= 15 is 0 Å². The molecule has 1 heterocycles. The van der Waals surface area contributed by atoms with Gasteiger partial charge in [-0.1, -0.05) is 24.3 Å². The first-order chi connectivity index (χ1) is 10.4. The summed E-state index contributed by atoms with van der Waals surface area (Å²) >= 11 is 0. The zero-order valence-corrected chi connectivity index (χ0v) is 12.9. The second-order valence-corrected chi connectivity index (χ2v) is 6.17. The van der Waals surface area contributed by atoms with Gasteiger partial charge in [-0.3, -0.25) is 4.79 Å². The molecular weight excluding hydrogens is 276 g/mol. The van der Waals surface area contributed by atoms with Crippen LogP contribution in [-0.2, 0) is 0 Å². The second kappa shape index (κ2) is 5.30. The molecule has 2 aromatic carbocycles. The van der Waals surface area contributed by atoms with Crippen molar-refractivity contribution in [3.8, 4) is 17.1 Å². The molecule has 3 aromatic rings. The molecule has 3 rings (SSSR count). The summed E-state index contributed by atoms with van der Waals surface area (Å²) in [6, 6.07) is 14.9. The van der Waals surface area contributed by atoms with Crippen LogP contribution in [0.4, 0.5) is 0 Å². The molecule has 0 aliphatic rings. The van der Waals surface area contributed by atoms with Crippen LogP contribution >= 0.6 is 0 Å². The summed E-state index contributed by atoms with van der Waals surface area (Å²) in [5, 5.41) is 0.591. The molecule has 4 nitrogen and oxygen atoms in total. The van der Waals surface area contributed by atoms with E-state index in [1.165, 1.54) is 0 Å². The van der Waals surface area contributed by atoms with Gasteiger partial charge in [0.15, 0.2) is 0 Å². The molecule has 112 valence electrons. The third-order valence-electron chi connectivity index (χ3n) is 3.14. The molecule has 0 saturated heterocycles. The molecule has 0 spiro atoms. The van der Waals surface area contributed by atoms with E-state index in [-0.39, 0.29) is 11.2 Å². The van der Waals surface area contributed by atoms with Gasteiger partial charge in [0.1, 0.15) is 17.2 Å². The van der Waals surface area contributed by atoms with E-state index in [0.29, 0.717) is 16.7 Å². The van der Waals surface area contributed by atoms with Crippen LogP contribution in [-0.4, -0.2) is 15.6 Å². The first-order valence-corrected chi connectivity index (χ1v) is 7.21. The Morgan fingerprint density at radius 2 is 1.82 bits per heavy atom. The van der Waals surface area contributed by atoms with Gasteiger partial charge in [-0.05, 0) is 45.0 Å². The minimum Gasteiger partial charge on any atom is -0.488 e. The van der Waals surface area contributed by atoms with Crippen molar-refractivity contribution in [1.82, 2.24) is 9.97 Å². The topological polar surface area (TPSA) is 55.0 Å². The molecule has 0 fully saturated rings. The molecule has 0 aliphatic carbocycles. The van der Waals surface area contributed by atoms with E-state index < -0.39 is 0 Å². The van der Waals surface area contributed by atoms with E-state index in [2.05, 4.69) is 9.97 Å². The molecule has 0 amide bonds. The van der Waals surface area contributed by atoms with Gasteiger partial charge in [0.25, 0.3) is 5.56 Å². The van der Waals surface area contributed by atoms with Gasteiger partial charge in [-0.15, -0.1) is 0 Å². The van der Waals surface area contributed by atoms with Gasteiger partial charge in [0, 0.05) is 5.56 Å². The number of nitrogens with one attached hydrogen (secondary N) is 1. The van der Waals surface area contributed by atoms with Crippen LogP contribution in [0.25, 0.3) is 22.3 Å². The number of benzene rings is 2. The van der Waals surface area contributed by atoms with E-state index in [1.807, 2.05) is 63.2 Å². The fourth-order valence-electron chi connectivity index (χ4n) is 2.28. The van der Waals surface area contributed by atoms with Crippen molar-refractivity contribution in [3.05, 3.63) is 58.9 Å². The Kier molecular flexibility index (Phi) is 3.45. The lowest BCUT2D eigenvalue weighted by atomic mass is 10.1. The zero-order chi connectivity index (χ0) is 15.7. The first-order valence-electron chi connectivity index (χ1n) is 7.21. The Hall–Kier alpha value is -2.62. The molecule has 1 N–H and O–H groups in total.